The fraction of sp³-hybridized carbons (Fsp3) is 0.762. The third-order valence-electron chi connectivity index (χ3n) is 5.66. The molecular formula is C21H38O2Si. The molecule has 24 heavy (non-hydrogen) atoms. The first-order valence-corrected chi connectivity index (χ1v) is 12.3. The Hall–Kier alpha value is -0.673. The molecule has 1 aliphatic rings. The first kappa shape index (κ1) is 21.4. The zero-order chi connectivity index (χ0) is 18.8. The Labute approximate surface area is 150 Å². The van der Waals surface area contributed by atoms with Gasteiger partial charge in [-0.2, -0.15) is 0 Å². The van der Waals surface area contributed by atoms with Crippen molar-refractivity contribution in [2.75, 3.05) is 0 Å². The fourth-order valence-electron chi connectivity index (χ4n) is 3.33. The van der Waals surface area contributed by atoms with Crippen LogP contribution < -0.4 is 0 Å². The molecule has 0 aromatic heterocycles. The minimum absolute atomic E-state index is 0.0539. The first-order chi connectivity index (χ1) is 10.8. The van der Waals surface area contributed by atoms with Crippen LogP contribution in [0.25, 0.3) is 0 Å². The molecule has 1 atom stereocenters. The number of allylic oxidation sites excluding steroid dienone is 3. The lowest BCUT2D eigenvalue weighted by atomic mass is 9.71. The molecular weight excluding hydrogens is 312 g/mol. The summed E-state index contributed by atoms with van der Waals surface area (Å²) in [5.41, 5.74) is 2.75. The molecule has 0 aliphatic heterocycles. The van der Waals surface area contributed by atoms with E-state index in [1.54, 1.807) is 6.08 Å². The molecule has 138 valence electrons. The fourth-order valence-corrected chi connectivity index (χ4v) is 4.68. The Morgan fingerprint density at radius 2 is 1.92 bits per heavy atom. The average Bonchev–Trinajstić information content (AvgIpc) is 2.34. The van der Waals surface area contributed by atoms with Gasteiger partial charge in [-0.3, -0.25) is 4.79 Å². The standard InChI is InChI=1S/C21H38O2Si/c1-10-11-17(22)12-13-19-16(2)14-18(15-21(19,6)7)23-24(8,9)20(3,4)5/h12-13,18H,10-11,14-15H2,1-9H3. The molecule has 0 bridgehead atoms. The predicted octanol–water partition coefficient (Wildman–Crippen LogP) is 6.44. The summed E-state index contributed by atoms with van der Waals surface area (Å²) in [5, 5.41) is 0.238. The van der Waals surface area contributed by atoms with Gasteiger partial charge in [0.25, 0.3) is 0 Å². The van der Waals surface area contributed by atoms with Crippen molar-refractivity contribution in [3.63, 3.8) is 0 Å². The molecule has 0 saturated heterocycles. The van der Waals surface area contributed by atoms with Crippen LogP contribution in [0.2, 0.25) is 18.1 Å². The van der Waals surface area contributed by atoms with E-state index in [0.29, 0.717) is 12.5 Å². The van der Waals surface area contributed by atoms with Crippen LogP contribution in [0.15, 0.2) is 23.3 Å². The van der Waals surface area contributed by atoms with Crippen LogP contribution in [0.4, 0.5) is 0 Å². The van der Waals surface area contributed by atoms with Crippen molar-refractivity contribution < 1.29 is 9.22 Å². The van der Waals surface area contributed by atoms with Crippen LogP contribution >= 0.6 is 0 Å². The lowest BCUT2D eigenvalue weighted by Gasteiger charge is -2.44. The minimum Gasteiger partial charge on any atom is -0.414 e. The average molecular weight is 351 g/mol. The smallest absolute Gasteiger partial charge is 0.192 e. The van der Waals surface area contributed by atoms with Crippen LogP contribution in [0.1, 0.15) is 74.1 Å². The summed E-state index contributed by atoms with van der Waals surface area (Å²) in [4.78, 5) is 11.8. The van der Waals surface area contributed by atoms with E-state index in [1.165, 1.54) is 11.1 Å². The second-order valence-electron chi connectivity index (χ2n) is 9.54. The molecule has 0 spiro atoms. The summed E-state index contributed by atoms with van der Waals surface area (Å²) in [6.07, 6.45) is 7.70. The van der Waals surface area contributed by atoms with Crippen molar-refractivity contribution in [2.24, 2.45) is 5.41 Å². The number of carbonyl (C=O) groups excluding carboxylic acids is 1. The van der Waals surface area contributed by atoms with Gasteiger partial charge in [-0.1, -0.05) is 53.2 Å². The van der Waals surface area contributed by atoms with Crippen molar-refractivity contribution in [2.45, 2.75) is 98.4 Å². The van der Waals surface area contributed by atoms with Gasteiger partial charge in [0.15, 0.2) is 14.1 Å². The molecule has 1 aliphatic carbocycles. The first-order valence-electron chi connectivity index (χ1n) is 9.39. The number of hydrogen-bond acceptors (Lipinski definition) is 2. The van der Waals surface area contributed by atoms with Crippen LogP contribution in [-0.2, 0) is 9.22 Å². The van der Waals surface area contributed by atoms with E-state index in [-0.39, 0.29) is 16.2 Å². The molecule has 2 nitrogen and oxygen atoms in total. The number of hydrogen-bond donors (Lipinski definition) is 0. The second kappa shape index (κ2) is 7.70. The van der Waals surface area contributed by atoms with Gasteiger partial charge < -0.3 is 4.43 Å². The summed E-state index contributed by atoms with van der Waals surface area (Å²) in [5.74, 6) is 0.230. The molecule has 1 unspecified atom stereocenters. The van der Waals surface area contributed by atoms with Gasteiger partial charge in [-0.05, 0) is 61.4 Å². The SMILES string of the molecule is CCCC(=O)C=CC1=C(C)CC(O[Si](C)(C)C(C)(C)C)CC1(C)C. The lowest BCUT2D eigenvalue weighted by molar-refractivity contribution is -0.114. The number of carbonyl (C=O) groups is 1. The molecule has 3 heteroatoms. The summed E-state index contributed by atoms with van der Waals surface area (Å²) in [7, 11) is -1.75. The summed E-state index contributed by atoms with van der Waals surface area (Å²) in [6.45, 7) is 20.4. The van der Waals surface area contributed by atoms with Gasteiger partial charge in [-0.15, -0.1) is 0 Å². The monoisotopic (exact) mass is 350 g/mol. The maximum Gasteiger partial charge on any atom is 0.192 e. The van der Waals surface area contributed by atoms with E-state index in [4.69, 9.17) is 4.43 Å². The largest absolute Gasteiger partial charge is 0.414 e. The minimum atomic E-state index is -1.75. The van der Waals surface area contributed by atoms with Crippen molar-refractivity contribution in [1.82, 2.24) is 0 Å². The van der Waals surface area contributed by atoms with E-state index < -0.39 is 8.32 Å². The Bertz CT molecular complexity index is 518. The van der Waals surface area contributed by atoms with E-state index in [9.17, 15) is 4.79 Å². The topological polar surface area (TPSA) is 26.3 Å². The highest BCUT2D eigenvalue weighted by atomic mass is 28.4. The van der Waals surface area contributed by atoms with E-state index in [1.807, 2.05) is 6.92 Å². The van der Waals surface area contributed by atoms with Crippen molar-refractivity contribution >= 4 is 14.1 Å². The molecule has 0 aromatic carbocycles. The quantitative estimate of drug-likeness (QED) is 0.407. The van der Waals surface area contributed by atoms with E-state index in [0.717, 1.165) is 19.3 Å². The van der Waals surface area contributed by atoms with Crippen molar-refractivity contribution in [3.05, 3.63) is 23.3 Å². The Kier molecular flexibility index (Phi) is 6.85. The third kappa shape index (κ3) is 5.42. The van der Waals surface area contributed by atoms with Gasteiger partial charge in [0.2, 0.25) is 0 Å². The van der Waals surface area contributed by atoms with Gasteiger partial charge in [-0.25, -0.2) is 0 Å². The molecule has 0 N–H and O–H groups in total. The lowest BCUT2D eigenvalue weighted by Crippen LogP contribution is -2.46. The van der Waals surface area contributed by atoms with E-state index >= 15 is 0 Å². The number of ketones is 1. The molecule has 0 radical (unpaired) electrons. The third-order valence-corrected chi connectivity index (χ3v) is 10.2. The summed E-state index contributed by atoms with van der Waals surface area (Å²) in [6, 6.07) is 0. The Morgan fingerprint density at radius 1 is 1.33 bits per heavy atom. The van der Waals surface area contributed by atoms with Crippen LogP contribution in [0.3, 0.4) is 0 Å². The summed E-state index contributed by atoms with van der Waals surface area (Å²) < 4.78 is 6.68. The zero-order valence-electron chi connectivity index (χ0n) is 17.4. The molecule has 0 amide bonds. The second-order valence-corrected chi connectivity index (χ2v) is 14.3. The molecule has 0 heterocycles. The Morgan fingerprint density at radius 3 is 2.38 bits per heavy atom. The molecule has 1 rings (SSSR count). The Balaban J connectivity index is 2.95. The van der Waals surface area contributed by atoms with Gasteiger partial charge in [0.1, 0.15) is 0 Å². The maximum absolute atomic E-state index is 11.8. The predicted molar refractivity (Wildman–Crippen MR) is 107 cm³/mol. The van der Waals surface area contributed by atoms with Crippen molar-refractivity contribution in [1.29, 1.82) is 0 Å². The molecule has 0 fully saturated rings. The number of rotatable bonds is 6. The van der Waals surface area contributed by atoms with Crippen molar-refractivity contribution in [3.8, 4) is 0 Å². The van der Waals surface area contributed by atoms with Crippen LogP contribution in [0.5, 0.6) is 0 Å². The highest BCUT2D eigenvalue weighted by Gasteiger charge is 2.42. The van der Waals surface area contributed by atoms with Gasteiger partial charge in [0, 0.05) is 12.5 Å². The highest BCUT2D eigenvalue weighted by molar-refractivity contribution is 6.74. The maximum atomic E-state index is 11.8. The molecule has 0 aromatic rings. The zero-order valence-corrected chi connectivity index (χ0v) is 18.4. The highest BCUT2D eigenvalue weighted by Crippen LogP contribution is 2.45. The van der Waals surface area contributed by atoms with Gasteiger partial charge >= 0.3 is 0 Å². The molecule has 0 saturated carbocycles. The van der Waals surface area contributed by atoms with E-state index in [2.05, 4.69) is 60.7 Å². The summed E-state index contributed by atoms with van der Waals surface area (Å²) >= 11 is 0. The normalized spacial score (nSPS) is 22.3. The van der Waals surface area contributed by atoms with Crippen LogP contribution in [0, 0.1) is 5.41 Å². The van der Waals surface area contributed by atoms with Gasteiger partial charge in [0.05, 0.1) is 0 Å². The van der Waals surface area contributed by atoms with Crippen LogP contribution in [-0.4, -0.2) is 20.2 Å².